The van der Waals surface area contributed by atoms with Gasteiger partial charge in [-0.15, -0.1) is 0 Å². The Morgan fingerprint density at radius 3 is 2.35 bits per heavy atom. The van der Waals surface area contributed by atoms with E-state index in [4.69, 9.17) is 10.2 Å². The summed E-state index contributed by atoms with van der Waals surface area (Å²) in [5.41, 5.74) is 5.51. The summed E-state index contributed by atoms with van der Waals surface area (Å²) in [6.07, 6.45) is 2.32. The Balaban J connectivity index is 2.85. The van der Waals surface area contributed by atoms with E-state index in [9.17, 15) is 5.11 Å². The SMILES string of the molecule is CC1(O[Si](C)(C)C(C)(C)C)CCC[C@H](N)[C@H]1O. The summed E-state index contributed by atoms with van der Waals surface area (Å²) in [6, 6.07) is -0.140. The van der Waals surface area contributed by atoms with Gasteiger partial charge in [-0.2, -0.15) is 0 Å². The molecular formula is C13H29NO2Si. The minimum Gasteiger partial charge on any atom is -0.409 e. The molecule has 1 rings (SSSR count). The number of aliphatic hydroxyl groups is 1. The van der Waals surface area contributed by atoms with Crippen LogP contribution in [0.15, 0.2) is 0 Å². The van der Waals surface area contributed by atoms with Crippen molar-refractivity contribution in [2.75, 3.05) is 0 Å². The molecule has 0 amide bonds. The van der Waals surface area contributed by atoms with Gasteiger partial charge >= 0.3 is 0 Å². The van der Waals surface area contributed by atoms with E-state index < -0.39 is 20.0 Å². The lowest BCUT2D eigenvalue weighted by molar-refractivity contribution is -0.0854. The Bertz CT molecular complexity index is 275. The van der Waals surface area contributed by atoms with Gasteiger partial charge in [0.05, 0.1) is 11.7 Å². The first-order valence-electron chi connectivity index (χ1n) is 6.63. The van der Waals surface area contributed by atoms with Crippen molar-refractivity contribution in [1.82, 2.24) is 0 Å². The number of aliphatic hydroxyl groups excluding tert-OH is 1. The van der Waals surface area contributed by atoms with Crippen LogP contribution in [0.3, 0.4) is 0 Å². The highest BCUT2D eigenvalue weighted by atomic mass is 28.4. The highest BCUT2D eigenvalue weighted by molar-refractivity contribution is 6.74. The third-order valence-corrected chi connectivity index (χ3v) is 9.13. The van der Waals surface area contributed by atoms with E-state index in [0.717, 1.165) is 19.3 Å². The summed E-state index contributed by atoms with van der Waals surface area (Å²) in [7, 11) is -1.85. The van der Waals surface area contributed by atoms with Crippen LogP contribution in [0.25, 0.3) is 0 Å². The lowest BCUT2D eigenvalue weighted by Gasteiger charge is -2.49. The molecule has 1 aliphatic carbocycles. The predicted molar refractivity (Wildman–Crippen MR) is 74.5 cm³/mol. The molecule has 1 saturated carbocycles. The highest BCUT2D eigenvalue weighted by Gasteiger charge is 2.48. The molecule has 3 nitrogen and oxygen atoms in total. The zero-order valence-electron chi connectivity index (χ0n) is 12.2. The lowest BCUT2D eigenvalue weighted by Crippen LogP contribution is -2.60. The molecule has 0 aromatic carbocycles. The fourth-order valence-electron chi connectivity index (χ4n) is 2.29. The molecule has 17 heavy (non-hydrogen) atoms. The van der Waals surface area contributed by atoms with Crippen LogP contribution in [0.5, 0.6) is 0 Å². The van der Waals surface area contributed by atoms with E-state index in [1.165, 1.54) is 0 Å². The van der Waals surface area contributed by atoms with Crippen LogP contribution in [-0.2, 0) is 4.43 Å². The standard InChI is InChI=1S/C13H29NO2Si/c1-12(2,3)17(5,6)16-13(4)9-7-8-10(14)11(13)15/h10-11,15H,7-9,14H2,1-6H3/t10-,11+,13?/m0/s1. The average Bonchev–Trinajstić information content (AvgIpc) is 2.11. The second kappa shape index (κ2) is 4.65. The third-order valence-electron chi connectivity index (χ3n) is 4.54. The normalized spacial score (nSPS) is 36.0. The van der Waals surface area contributed by atoms with Gasteiger partial charge in [0.15, 0.2) is 8.32 Å². The predicted octanol–water partition coefficient (Wildman–Crippen LogP) is 2.64. The van der Waals surface area contributed by atoms with E-state index in [1.807, 2.05) is 6.92 Å². The molecule has 0 aromatic heterocycles. The molecular weight excluding hydrogens is 230 g/mol. The van der Waals surface area contributed by atoms with Gasteiger partial charge in [-0.25, -0.2) is 0 Å². The minimum absolute atomic E-state index is 0.140. The van der Waals surface area contributed by atoms with Gasteiger partial charge in [0, 0.05) is 6.04 Å². The van der Waals surface area contributed by atoms with E-state index in [-0.39, 0.29) is 11.1 Å². The number of hydrogen-bond acceptors (Lipinski definition) is 3. The van der Waals surface area contributed by atoms with Gasteiger partial charge in [0.25, 0.3) is 0 Å². The summed E-state index contributed by atoms with van der Waals surface area (Å²) in [6.45, 7) is 13.1. The van der Waals surface area contributed by atoms with Crippen molar-refractivity contribution in [2.45, 2.75) is 82.8 Å². The molecule has 102 valence electrons. The molecule has 0 radical (unpaired) electrons. The molecule has 1 unspecified atom stereocenters. The molecule has 0 heterocycles. The van der Waals surface area contributed by atoms with Crippen LogP contribution in [0.1, 0.15) is 47.0 Å². The van der Waals surface area contributed by atoms with Crippen LogP contribution in [0.2, 0.25) is 18.1 Å². The zero-order chi connectivity index (χ0) is 13.5. The van der Waals surface area contributed by atoms with E-state index in [0.29, 0.717) is 0 Å². The second-order valence-corrected chi connectivity index (χ2v) is 11.9. The van der Waals surface area contributed by atoms with Crippen molar-refractivity contribution in [3.63, 3.8) is 0 Å². The average molecular weight is 259 g/mol. The Morgan fingerprint density at radius 2 is 1.88 bits per heavy atom. The van der Waals surface area contributed by atoms with Crippen LogP contribution in [0, 0.1) is 0 Å². The Labute approximate surface area is 107 Å². The molecule has 1 fully saturated rings. The van der Waals surface area contributed by atoms with Gasteiger partial charge in [0.2, 0.25) is 0 Å². The molecule has 0 spiro atoms. The van der Waals surface area contributed by atoms with Crippen molar-refractivity contribution in [2.24, 2.45) is 5.73 Å². The topological polar surface area (TPSA) is 55.5 Å². The molecule has 0 saturated heterocycles. The van der Waals surface area contributed by atoms with Gasteiger partial charge in [-0.05, 0) is 44.3 Å². The Morgan fingerprint density at radius 1 is 1.35 bits per heavy atom. The largest absolute Gasteiger partial charge is 0.409 e. The molecule has 0 bridgehead atoms. The van der Waals surface area contributed by atoms with Crippen LogP contribution >= 0.6 is 0 Å². The quantitative estimate of drug-likeness (QED) is 0.750. The van der Waals surface area contributed by atoms with Gasteiger partial charge in [-0.1, -0.05) is 20.8 Å². The Kier molecular flexibility index (Phi) is 4.14. The van der Waals surface area contributed by atoms with Crippen LogP contribution < -0.4 is 5.73 Å². The van der Waals surface area contributed by atoms with Crippen molar-refractivity contribution < 1.29 is 9.53 Å². The first kappa shape index (κ1) is 15.2. The summed E-state index contributed by atoms with van der Waals surface area (Å²) >= 11 is 0. The maximum absolute atomic E-state index is 10.3. The third kappa shape index (κ3) is 3.11. The van der Waals surface area contributed by atoms with Crippen molar-refractivity contribution in [3.05, 3.63) is 0 Å². The molecule has 0 aliphatic heterocycles. The first-order chi connectivity index (χ1) is 7.50. The molecule has 3 N–H and O–H groups in total. The van der Waals surface area contributed by atoms with Gasteiger partial charge in [-0.3, -0.25) is 0 Å². The van der Waals surface area contributed by atoms with Crippen LogP contribution in [0.4, 0.5) is 0 Å². The van der Waals surface area contributed by atoms with Crippen molar-refractivity contribution in [3.8, 4) is 0 Å². The lowest BCUT2D eigenvalue weighted by atomic mass is 9.81. The van der Waals surface area contributed by atoms with E-state index in [2.05, 4.69) is 33.9 Å². The highest BCUT2D eigenvalue weighted by Crippen LogP contribution is 2.42. The van der Waals surface area contributed by atoms with E-state index in [1.54, 1.807) is 0 Å². The minimum atomic E-state index is -1.85. The number of nitrogens with two attached hydrogens (primary N) is 1. The first-order valence-corrected chi connectivity index (χ1v) is 9.54. The number of hydrogen-bond donors (Lipinski definition) is 2. The smallest absolute Gasteiger partial charge is 0.192 e. The van der Waals surface area contributed by atoms with Crippen LogP contribution in [-0.4, -0.2) is 31.2 Å². The van der Waals surface area contributed by atoms with E-state index >= 15 is 0 Å². The fraction of sp³-hybridized carbons (Fsp3) is 1.00. The van der Waals surface area contributed by atoms with Crippen molar-refractivity contribution in [1.29, 1.82) is 0 Å². The second-order valence-electron chi connectivity index (χ2n) is 7.18. The molecule has 1 aliphatic rings. The molecule has 0 aromatic rings. The molecule has 4 heteroatoms. The Hall–Kier alpha value is 0.0969. The van der Waals surface area contributed by atoms with Gasteiger partial charge < -0.3 is 15.3 Å². The monoisotopic (exact) mass is 259 g/mol. The molecule has 3 atom stereocenters. The maximum Gasteiger partial charge on any atom is 0.192 e. The fourth-order valence-corrected chi connectivity index (χ4v) is 3.99. The summed E-state index contributed by atoms with van der Waals surface area (Å²) < 4.78 is 6.42. The van der Waals surface area contributed by atoms with Crippen molar-refractivity contribution >= 4 is 8.32 Å². The summed E-state index contributed by atoms with van der Waals surface area (Å²) in [5.74, 6) is 0. The number of rotatable bonds is 2. The maximum atomic E-state index is 10.3. The van der Waals surface area contributed by atoms with Gasteiger partial charge in [0.1, 0.15) is 0 Å². The summed E-state index contributed by atoms with van der Waals surface area (Å²) in [5, 5.41) is 10.5. The zero-order valence-corrected chi connectivity index (χ0v) is 13.2. The summed E-state index contributed by atoms with van der Waals surface area (Å²) in [4.78, 5) is 0.